The summed E-state index contributed by atoms with van der Waals surface area (Å²) in [6.45, 7) is 3.95. The normalized spacial score (nSPS) is 21.6. The highest BCUT2D eigenvalue weighted by Crippen LogP contribution is 2.15. The number of amides is 1. The Kier molecular flexibility index (Phi) is 3.56. The number of likely N-dealkylation sites (tertiary alicyclic amines) is 1. The molecule has 2 aliphatic heterocycles. The molecular weight excluding hydrogens is 206 g/mol. The van der Waals surface area contributed by atoms with Gasteiger partial charge >= 0.3 is 0 Å². The average molecular weight is 223 g/mol. The van der Waals surface area contributed by atoms with Crippen LogP contribution in [-0.4, -0.2) is 47.9 Å². The first kappa shape index (κ1) is 11.1. The molecule has 0 radical (unpaired) electrons. The lowest BCUT2D eigenvalue weighted by molar-refractivity contribution is -0.156. The standard InChI is InChI=1S/C11H17N3O2/c1-10(15)13-7-3-11(4-8-13)16-14-6-2-5-12-9-14/h2,5,9,11H,3-4,6-8H2,1H3. The van der Waals surface area contributed by atoms with E-state index in [4.69, 9.17) is 4.84 Å². The highest BCUT2D eigenvalue weighted by atomic mass is 16.7. The Morgan fingerprint density at radius 1 is 1.44 bits per heavy atom. The molecule has 1 saturated heterocycles. The fraction of sp³-hybridized carbons (Fsp3) is 0.636. The molecule has 0 N–H and O–H groups in total. The zero-order chi connectivity index (χ0) is 11.4. The summed E-state index contributed by atoms with van der Waals surface area (Å²) in [5.74, 6) is 0.154. The van der Waals surface area contributed by atoms with E-state index in [1.54, 1.807) is 24.5 Å². The van der Waals surface area contributed by atoms with Crippen molar-refractivity contribution in [3.05, 3.63) is 12.3 Å². The Labute approximate surface area is 95.3 Å². The number of hydrogen-bond acceptors (Lipinski definition) is 4. The third-order valence-corrected chi connectivity index (χ3v) is 2.84. The van der Waals surface area contributed by atoms with Crippen LogP contribution in [0.4, 0.5) is 0 Å². The van der Waals surface area contributed by atoms with E-state index in [-0.39, 0.29) is 12.0 Å². The van der Waals surface area contributed by atoms with Crippen LogP contribution in [-0.2, 0) is 9.63 Å². The van der Waals surface area contributed by atoms with E-state index in [0.717, 1.165) is 32.5 Å². The zero-order valence-corrected chi connectivity index (χ0v) is 9.50. The lowest BCUT2D eigenvalue weighted by Gasteiger charge is -2.33. The van der Waals surface area contributed by atoms with Gasteiger partial charge in [0.15, 0.2) is 0 Å². The van der Waals surface area contributed by atoms with E-state index >= 15 is 0 Å². The minimum atomic E-state index is 0.154. The van der Waals surface area contributed by atoms with Gasteiger partial charge in [-0.3, -0.25) is 9.63 Å². The van der Waals surface area contributed by atoms with Crippen LogP contribution >= 0.6 is 0 Å². The highest BCUT2D eigenvalue weighted by molar-refractivity contribution is 5.73. The molecule has 2 aliphatic rings. The van der Waals surface area contributed by atoms with Crippen molar-refractivity contribution in [2.45, 2.75) is 25.9 Å². The zero-order valence-electron chi connectivity index (χ0n) is 9.50. The van der Waals surface area contributed by atoms with Crippen molar-refractivity contribution in [3.8, 4) is 0 Å². The number of piperidine rings is 1. The van der Waals surface area contributed by atoms with Gasteiger partial charge in [-0.1, -0.05) is 0 Å². The van der Waals surface area contributed by atoms with Crippen LogP contribution in [0.2, 0.25) is 0 Å². The number of hydroxylamine groups is 2. The molecule has 0 bridgehead atoms. The molecule has 2 heterocycles. The summed E-state index contributed by atoms with van der Waals surface area (Å²) >= 11 is 0. The second-order valence-corrected chi connectivity index (χ2v) is 4.06. The number of carbonyl (C=O) groups is 1. The molecule has 5 heteroatoms. The van der Waals surface area contributed by atoms with Crippen molar-refractivity contribution < 1.29 is 9.63 Å². The third kappa shape index (κ3) is 2.82. The van der Waals surface area contributed by atoms with Gasteiger partial charge < -0.3 is 4.90 Å². The summed E-state index contributed by atoms with van der Waals surface area (Å²) in [4.78, 5) is 22.8. The lowest BCUT2D eigenvalue weighted by atomic mass is 10.1. The molecule has 0 aromatic carbocycles. The largest absolute Gasteiger partial charge is 0.343 e. The Hall–Kier alpha value is -1.36. The molecule has 1 amide bonds. The van der Waals surface area contributed by atoms with E-state index in [9.17, 15) is 4.79 Å². The Morgan fingerprint density at radius 3 is 2.75 bits per heavy atom. The molecule has 0 aromatic rings. The van der Waals surface area contributed by atoms with E-state index in [2.05, 4.69) is 4.99 Å². The lowest BCUT2D eigenvalue weighted by Crippen LogP contribution is -2.42. The number of carbonyl (C=O) groups excluding carboxylic acids is 1. The molecule has 0 atom stereocenters. The van der Waals surface area contributed by atoms with E-state index in [1.807, 2.05) is 11.0 Å². The van der Waals surface area contributed by atoms with Gasteiger partial charge in [-0.2, -0.15) is 0 Å². The second kappa shape index (κ2) is 5.12. The fourth-order valence-electron chi connectivity index (χ4n) is 1.91. The van der Waals surface area contributed by atoms with Crippen LogP contribution in [0.25, 0.3) is 0 Å². The van der Waals surface area contributed by atoms with Crippen LogP contribution in [0.1, 0.15) is 19.8 Å². The van der Waals surface area contributed by atoms with Crippen molar-refractivity contribution in [1.29, 1.82) is 0 Å². The van der Waals surface area contributed by atoms with Crippen LogP contribution < -0.4 is 0 Å². The maximum absolute atomic E-state index is 11.1. The highest BCUT2D eigenvalue weighted by Gasteiger charge is 2.22. The van der Waals surface area contributed by atoms with Gasteiger partial charge in [0, 0.05) is 26.2 Å². The SMILES string of the molecule is CC(=O)N1CCC(ON2C=NC=CC2)CC1. The van der Waals surface area contributed by atoms with Crippen LogP contribution in [0.15, 0.2) is 17.3 Å². The second-order valence-electron chi connectivity index (χ2n) is 4.06. The summed E-state index contributed by atoms with van der Waals surface area (Å²) in [7, 11) is 0. The first-order chi connectivity index (χ1) is 7.75. The van der Waals surface area contributed by atoms with Crippen LogP contribution in [0.3, 0.4) is 0 Å². The average Bonchev–Trinajstić information content (AvgIpc) is 2.31. The maximum Gasteiger partial charge on any atom is 0.219 e. The summed E-state index contributed by atoms with van der Waals surface area (Å²) in [5, 5.41) is 1.74. The van der Waals surface area contributed by atoms with Gasteiger partial charge in [-0.15, -0.1) is 0 Å². The van der Waals surface area contributed by atoms with Crippen molar-refractivity contribution in [3.63, 3.8) is 0 Å². The Balaban J connectivity index is 1.75. The van der Waals surface area contributed by atoms with Gasteiger partial charge in [-0.25, -0.2) is 10.1 Å². The number of rotatable bonds is 2. The molecule has 0 spiro atoms. The molecule has 0 aromatic heterocycles. The maximum atomic E-state index is 11.1. The summed E-state index contributed by atoms with van der Waals surface area (Å²) in [5.41, 5.74) is 0. The van der Waals surface area contributed by atoms with Gasteiger partial charge in [0.1, 0.15) is 6.34 Å². The molecule has 2 rings (SSSR count). The smallest absolute Gasteiger partial charge is 0.219 e. The van der Waals surface area contributed by atoms with E-state index in [1.165, 1.54) is 0 Å². The van der Waals surface area contributed by atoms with E-state index in [0.29, 0.717) is 0 Å². The fourth-order valence-corrected chi connectivity index (χ4v) is 1.91. The van der Waals surface area contributed by atoms with E-state index < -0.39 is 0 Å². The number of hydrogen-bond donors (Lipinski definition) is 0. The van der Waals surface area contributed by atoms with Crippen molar-refractivity contribution >= 4 is 12.2 Å². The Bertz CT molecular complexity index is 306. The summed E-state index contributed by atoms with van der Waals surface area (Å²) in [6.07, 6.45) is 7.40. The summed E-state index contributed by atoms with van der Waals surface area (Å²) in [6, 6.07) is 0. The quantitative estimate of drug-likeness (QED) is 0.695. The molecular formula is C11H17N3O2. The topological polar surface area (TPSA) is 45.1 Å². The third-order valence-electron chi connectivity index (χ3n) is 2.84. The van der Waals surface area contributed by atoms with Gasteiger partial charge in [0.2, 0.25) is 5.91 Å². The number of aliphatic imine (C=N–C) groups is 1. The van der Waals surface area contributed by atoms with Crippen molar-refractivity contribution in [2.24, 2.45) is 4.99 Å². The Morgan fingerprint density at radius 2 is 2.19 bits per heavy atom. The molecule has 88 valence electrons. The molecule has 16 heavy (non-hydrogen) atoms. The minimum Gasteiger partial charge on any atom is -0.343 e. The van der Waals surface area contributed by atoms with Gasteiger partial charge in [0.05, 0.1) is 12.6 Å². The minimum absolute atomic E-state index is 0.154. The summed E-state index contributed by atoms with van der Waals surface area (Å²) < 4.78 is 0. The van der Waals surface area contributed by atoms with Crippen LogP contribution in [0, 0.1) is 0 Å². The monoisotopic (exact) mass is 223 g/mol. The molecule has 0 saturated carbocycles. The molecule has 0 unspecified atom stereocenters. The first-order valence-electron chi connectivity index (χ1n) is 5.63. The molecule has 5 nitrogen and oxygen atoms in total. The number of nitrogens with zero attached hydrogens (tertiary/aromatic N) is 3. The van der Waals surface area contributed by atoms with Crippen molar-refractivity contribution in [1.82, 2.24) is 9.96 Å². The van der Waals surface area contributed by atoms with Gasteiger partial charge in [-0.05, 0) is 18.9 Å². The van der Waals surface area contributed by atoms with Crippen LogP contribution in [0.5, 0.6) is 0 Å². The predicted octanol–water partition coefficient (Wildman–Crippen LogP) is 0.786. The van der Waals surface area contributed by atoms with Gasteiger partial charge in [0.25, 0.3) is 0 Å². The molecule has 0 aliphatic carbocycles. The van der Waals surface area contributed by atoms with Crippen molar-refractivity contribution in [2.75, 3.05) is 19.6 Å². The first-order valence-corrected chi connectivity index (χ1v) is 5.63. The molecule has 1 fully saturated rings. The predicted molar refractivity (Wildman–Crippen MR) is 60.7 cm³/mol.